The zero-order chi connectivity index (χ0) is 19.9. The Hall–Kier alpha value is -2.25. The van der Waals surface area contributed by atoms with Gasteiger partial charge in [-0.1, -0.05) is 41.3 Å². The van der Waals surface area contributed by atoms with Gasteiger partial charge in [0.1, 0.15) is 0 Å². The zero-order valence-corrected chi connectivity index (χ0v) is 17.7. The second-order valence-corrected chi connectivity index (χ2v) is 8.13. The molecule has 3 rings (SSSR count). The van der Waals surface area contributed by atoms with Crippen molar-refractivity contribution in [3.8, 4) is 0 Å². The Kier molecular flexibility index (Phi) is 7.17. The lowest BCUT2D eigenvalue weighted by atomic mass is 9.95. The number of benzene rings is 2. The minimum absolute atomic E-state index is 0.0519. The van der Waals surface area contributed by atoms with Crippen LogP contribution >= 0.6 is 28.1 Å². The van der Waals surface area contributed by atoms with E-state index in [9.17, 15) is 9.59 Å². The summed E-state index contributed by atoms with van der Waals surface area (Å²) in [5.41, 5.74) is 1.82. The highest BCUT2D eigenvalue weighted by molar-refractivity contribution is 9.10. The van der Waals surface area contributed by atoms with Gasteiger partial charge in [0.05, 0.1) is 0 Å². The van der Waals surface area contributed by atoms with Gasteiger partial charge >= 0.3 is 0 Å². The van der Waals surface area contributed by atoms with Gasteiger partial charge < -0.3 is 10.6 Å². The third-order valence-electron chi connectivity index (χ3n) is 4.66. The second-order valence-electron chi connectivity index (χ2n) is 6.80. The van der Waals surface area contributed by atoms with Gasteiger partial charge in [-0.05, 0) is 67.5 Å². The molecule has 7 heteroatoms. The number of anilines is 1. The molecule has 0 heterocycles. The maximum absolute atomic E-state index is 12.4. The molecule has 0 aromatic heterocycles. The predicted octanol–water partition coefficient (Wildman–Crippen LogP) is 4.64. The number of nitrogens with one attached hydrogen (secondary N) is 3. The number of hydrogen-bond donors (Lipinski definition) is 3. The number of amides is 2. The van der Waals surface area contributed by atoms with Gasteiger partial charge in [0.2, 0.25) is 0 Å². The molecule has 0 spiro atoms. The summed E-state index contributed by atoms with van der Waals surface area (Å²) in [5.74, 6) is -0.341. The fourth-order valence-electron chi connectivity index (χ4n) is 3.19. The molecule has 28 heavy (non-hydrogen) atoms. The van der Waals surface area contributed by atoms with Crippen LogP contribution in [0.4, 0.5) is 5.69 Å². The Balaban J connectivity index is 1.52. The van der Waals surface area contributed by atoms with E-state index in [1.165, 1.54) is 19.3 Å². The van der Waals surface area contributed by atoms with Gasteiger partial charge in [-0.3, -0.25) is 14.9 Å². The van der Waals surface area contributed by atoms with Crippen LogP contribution < -0.4 is 16.0 Å². The summed E-state index contributed by atoms with van der Waals surface area (Å²) in [4.78, 5) is 24.6. The lowest BCUT2D eigenvalue weighted by molar-refractivity contribution is 0.0926. The Bertz CT molecular complexity index is 864. The van der Waals surface area contributed by atoms with E-state index in [1.807, 2.05) is 6.07 Å². The molecule has 1 fully saturated rings. The largest absolute Gasteiger partial charge is 0.349 e. The molecule has 0 bridgehead atoms. The van der Waals surface area contributed by atoms with Crippen LogP contribution in [-0.4, -0.2) is 23.0 Å². The normalized spacial score (nSPS) is 14.2. The van der Waals surface area contributed by atoms with Gasteiger partial charge in [0.25, 0.3) is 11.8 Å². The van der Waals surface area contributed by atoms with Crippen molar-refractivity contribution in [3.05, 3.63) is 64.1 Å². The van der Waals surface area contributed by atoms with Crippen LogP contribution in [0.5, 0.6) is 0 Å². The molecule has 0 radical (unpaired) electrons. The maximum Gasteiger partial charge on any atom is 0.257 e. The van der Waals surface area contributed by atoms with Crippen LogP contribution in [0.25, 0.3) is 0 Å². The monoisotopic (exact) mass is 459 g/mol. The summed E-state index contributed by atoms with van der Waals surface area (Å²) in [6.45, 7) is 0. The first-order valence-corrected chi connectivity index (χ1v) is 10.5. The lowest BCUT2D eigenvalue weighted by Gasteiger charge is -2.22. The molecule has 2 aromatic carbocycles. The number of rotatable bonds is 4. The van der Waals surface area contributed by atoms with Crippen LogP contribution in [0.1, 0.15) is 52.8 Å². The molecule has 1 aliphatic rings. The molecule has 3 N–H and O–H groups in total. The standard InChI is InChI=1S/C21H22BrN3O2S/c22-16-6-4-5-15(13-16)20(27)25-21(28)24-18-11-9-14(10-12-18)19(26)23-17-7-2-1-3-8-17/h4-6,9-13,17H,1-3,7-8H2,(H,23,26)(H2,24,25,27,28). The molecule has 0 unspecified atom stereocenters. The summed E-state index contributed by atoms with van der Waals surface area (Å²) in [6.07, 6.45) is 5.72. The van der Waals surface area contributed by atoms with Crippen molar-refractivity contribution in [2.75, 3.05) is 5.32 Å². The van der Waals surface area contributed by atoms with Gasteiger partial charge in [-0.15, -0.1) is 0 Å². The summed E-state index contributed by atoms with van der Waals surface area (Å²) in [7, 11) is 0. The topological polar surface area (TPSA) is 70.2 Å². The van der Waals surface area contributed by atoms with Gasteiger partial charge in [-0.2, -0.15) is 0 Å². The van der Waals surface area contributed by atoms with Gasteiger partial charge in [0.15, 0.2) is 5.11 Å². The summed E-state index contributed by atoms with van der Waals surface area (Å²) >= 11 is 8.54. The van der Waals surface area contributed by atoms with E-state index in [0.29, 0.717) is 16.8 Å². The van der Waals surface area contributed by atoms with Crippen molar-refractivity contribution in [2.24, 2.45) is 0 Å². The van der Waals surface area contributed by atoms with E-state index in [2.05, 4.69) is 31.9 Å². The molecular weight excluding hydrogens is 438 g/mol. The highest BCUT2D eigenvalue weighted by Crippen LogP contribution is 2.18. The van der Waals surface area contributed by atoms with Crippen LogP contribution in [0.3, 0.4) is 0 Å². The van der Waals surface area contributed by atoms with Gasteiger partial charge in [0, 0.05) is 27.3 Å². The van der Waals surface area contributed by atoms with Gasteiger partial charge in [-0.25, -0.2) is 0 Å². The molecule has 0 aliphatic heterocycles. The number of carbonyl (C=O) groups excluding carboxylic acids is 2. The minimum Gasteiger partial charge on any atom is -0.349 e. The fourth-order valence-corrected chi connectivity index (χ4v) is 3.80. The second kappa shape index (κ2) is 9.80. The van der Waals surface area contributed by atoms with E-state index in [4.69, 9.17) is 12.2 Å². The summed E-state index contributed by atoms with van der Waals surface area (Å²) < 4.78 is 0.820. The molecule has 5 nitrogen and oxygen atoms in total. The number of hydrogen-bond acceptors (Lipinski definition) is 3. The molecule has 0 saturated heterocycles. The predicted molar refractivity (Wildman–Crippen MR) is 119 cm³/mol. The lowest BCUT2D eigenvalue weighted by Crippen LogP contribution is -2.36. The van der Waals surface area contributed by atoms with E-state index in [0.717, 1.165) is 17.3 Å². The average Bonchev–Trinajstić information content (AvgIpc) is 2.69. The fraction of sp³-hybridized carbons (Fsp3) is 0.286. The Morgan fingerprint density at radius 3 is 2.32 bits per heavy atom. The summed E-state index contributed by atoms with van der Waals surface area (Å²) in [5, 5.41) is 8.90. The smallest absolute Gasteiger partial charge is 0.257 e. The van der Waals surface area contributed by atoms with E-state index < -0.39 is 0 Å². The van der Waals surface area contributed by atoms with Crippen LogP contribution in [0.2, 0.25) is 0 Å². The molecule has 146 valence electrons. The SMILES string of the molecule is O=C(NC(=S)Nc1ccc(C(=O)NC2CCCCC2)cc1)c1cccc(Br)c1. The van der Waals surface area contributed by atoms with Crippen molar-refractivity contribution in [3.63, 3.8) is 0 Å². The van der Waals surface area contributed by atoms with Crippen molar-refractivity contribution < 1.29 is 9.59 Å². The van der Waals surface area contributed by atoms with Crippen molar-refractivity contribution >= 4 is 50.8 Å². The molecule has 0 atom stereocenters. The van der Waals surface area contributed by atoms with Crippen molar-refractivity contribution in [2.45, 2.75) is 38.1 Å². The molecular formula is C21H22BrN3O2S. The quantitative estimate of drug-likeness (QED) is 0.582. The number of thiocarbonyl (C=S) groups is 1. The first-order chi connectivity index (χ1) is 13.5. The molecule has 2 amide bonds. The first-order valence-electron chi connectivity index (χ1n) is 9.30. The summed E-state index contributed by atoms with van der Waals surface area (Å²) in [6, 6.07) is 14.4. The maximum atomic E-state index is 12.4. The highest BCUT2D eigenvalue weighted by Gasteiger charge is 2.16. The third kappa shape index (κ3) is 5.87. The minimum atomic E-state index is -0.290. The van der Waals surface area contributed by atoms with E-state index in [1.54, 1.807) is 42.5 Å². The van der Waals surface area contributed by atoms with Crippen molar-refractivity contribution in [1.29, 1.82) is 0 Å². The van der Waals surface area contributed by atoms with Crippen LogP contribution in [0, 0.1) is 0 Å². The molecule has 1 saturated carbocycles. The van der Waals surface area contributed by atoms with Crippen molar-refractivity contribution in [1.82, 2.24) is 10.6 Å². The average molecular weight is 460 g/mol. The Morgan fingerprint density at radius 1 is 0.929 bits per heavy atom. The Labute approximate surface area is 178 Å². The van der Waals surface area contributed by atoms with E-state index in [-0.39, 0.29) is 23.0 Å². The van der Waals surface area contributed by atoms with Crippen LogP contribution in [-0.2, 0) is 0 Å². The van der Waals surface area contributed by atoms with Crippen LogP contribution in [0.15, 0.2) is 53.0 Å². The third-order valence-corrected chi connectivity index (χ3v) is 5.36. The molecule has 2 aromatic rings. The number of carbonyl (C=O) groups is 2. The zero-order valence-electron chi connectivity index (χ0n) is 15.3. The first kappa shape index (κ1) is 20.5. The highest BCUT2D eigenvalue weighted by atomic mass is 79.9. The van der Waals surface area contributed by atoms with E-state index >= 15 is 0 Å². The Morgan fingerprint density at radius 2 is 1.64 bits per heavy atom. The number of halogens is 1. The molecule has 1 aliphatic carbocycles.